The summed E-state index contributed by atoms with van der Waals surface area (Å²) in [5.74, 6) is 0. The molecule has 0 bridgehead atoms. The number of nitrogens with zero attached hydrogens (tertiary/aromatic N) is 2. The molecule has 0 aliphatic carbocycles. The first-order chi connectivity index (χ1) is 9.50. The zero-order valence-electron chi connectivity index (χ0n) is 10.8. The molecule has 1 unspecified atom stereocenters. The molecule has 0 spiro atoms. The van der Waals surface area contributed by atoms with Crippen molar-refractivity contribution in [3.05, 3.63) is 28.8 Å². The molecule has 1 aliphatic heterocycles. The van der Waals surface area contributed by atoms with Crippen LogP contribution < -0.4 is 0 Å². The van der Waals surface area contributed by atoms with Crippen molar-refractivity contribution in [3.63, 3.8) is 0 Å². The predicted molar refractivity (Wildman–Crippen MR) is 74.8 cm³/mol. The van der Waals surface area contributed by atoms with Gasteiger partial charge in [0.15, 0.2) is 0 Å². The molecule has 5 nitrogen and oxygen atoms in total. The number of hydrogen-bond donors (Lipinski definition) is 1. The van der Waals surface area contributed by atoms with Crippen LogP contribution in [0.2, 0.25) is 5.02 Å². The highest BCUT2D eigenvalue weighted by Crippen LogP contribution is 2.27. The Morgan fingerprint density at radius 1 is 1.45 bits per heavy atom. The fraction of sp³-hybridized carbons (Fsp3) is 0.462. The average Bonchev–Trinajstić information content (AvgIpc) is 2.47. The summed E-state index contributed by atoms with van der Waals surface area (Å²) in [6.45, 7) is 0.203. The molecule has 1 aromatic rings. The van der Waals surface area contributed by atoms with Crippen molar-refractivity contribution in [2.75, 3.05) is 13.2 Å². The van der Waals surface area contributed by atoms with E-state index in [9.17, 15) is 13.5 Å². The van der Waals surface area contributed by atoms with Crippen molar-refractivity contribution in [1.82, 2.24) is 4.31 Å². The second-order valence-corrected chi connectivity index (χ2v) is 7.00. The van der Waals surface area contributed by atoms with Crippen LogP contribution >= 0.6 is 11.6 Å². The van der Waals surface area contributed by atoms with Crippen LogP contribution in [0.1, 0.15) is 24.8 Å². The number of piperidine rings is 1. The Labute approximate surface area is 123 Å². The van der Waals surface area contributed by atoms with Gasteiger partial charge in [-0.25, -0.2) is 8.42 Å². The maximum Gasteiger partial charge on any atom is 0.243 e. The Hall–Kier alpha value is -1.13. The summed E-state index contributed by atoms with van der Waals surface area (Å²) in [5.41, 5.74) is 0.239. The number of nitriles is 1. The lowest BCUT2D eigenvalue weighted by Gasteiger charge is -2.33. The summed E-state index contributed by atoms with van der Waals surface area (Å²) in [5, 5.41) is 18.3. The SMILES string of the molecule is N#Cc1ccc(S(=O)(=O)N2CCCCC2CO)cc1Cl. The average molecular weight is 315 g/mol. The van der Waals surface area contributed by atoms with Gasteiger partial charge < -0.3 is 5.11 Å². The van der Waals surface area contributed by atoms with Gasteiger partial charge in [-0.2, -0.15) is 9.57 Å². The van der Waals surface area contributed by atoms with Crippen LogP contribution in [0.5, 0.6) is 0 Å². The zero-order chi connectivity index (χ0) is 14.8. The van der Waals surface area contributed by atoms with Gasteiger partial charge in [0.1, 0.15) is 6.07 Å². The van der Waals surface area contributed by atoms with Gasteiger partial charge in [-0.3, -0.25) is 0 Å². The van der Waals surface area contributed by atoms with Gasteiger partial charge in [0, 0.05) is 12.6 Å². The highest BCUT2D eigenvalue weighted by molar-refractivity contribution is 7.89. The van der Waals surface area contributed by atoms with Crippen molar-refractivity contribution < 1.29 is 13.5 Å². The van der Waals surface area contributed by atoms with Gasteiger partial charge in [-0.1, -0.05) is 18.0 Å². The van der Waals surface area contributed by atoms with E-state index in [0.717, 1.165) is 12.8 Å². The number of rotatable bonds is 3. The monoisotopic (exact) mass is 314 g/mol. The minimum absolute atomic E-state index is 0.0573. The van der Waals surface area contributed by atoms with Crippen molar-refractivity contribution >= 4 is 21.6 Å². The van der Waals surface area contributed by atoms with Crippen LogP contribution in [-0.2, 0) is 10.0 Å². The molecule has 0 aromatic heterocycles. The molecule has 1 atom stereocenters. The molecule has 0 radical (unpaired) electrons. The van der Waals surface area contributed by atoms with E-state index >= 15 is 0 Å². The largest absolute Gasteiger partial charge is 0.395 e. The Morgan fingerprint density at radius 2 is 2.20 bits per heavy atom. The first kappa shape index (κ1) is 15.3. The molecule has 1 aromatic carbocycles. The minimum Gasteiger partial charge on any atom is -0.395 e. The second kappa shape index (κ2) is 6.10. The number of aliphatic hydroxyl groups excluding tert-OH is 1. The van der Waals surface area contributed by atoms with Crippen LogP contribution in [-0.4, -0.2) is 37.0 Å². The van der Waals surface area contributed by atoms with Gasteiger partial charge >= 0.3 is 0 Å². The highest BCUT2D eigenvalue weighted by atomic mass is 35.5. The highest BCUT2D eigenvalue weighted by Gasteiger charge is 2.33. The van der Waals surface area contributed by atoms with Crippen molar-refractivity contribution in [1.29, 1.82) is 5.26 Å². The molecule has 1 aliphatic rings. The van der Waals surface area contributed by atoms with E-state index in [1.54, 1.807) is 0 Å². The van der Waals surface area contributed by atoms with Crippen LogP contribution in [0, 0.1) is 11.3 Å². The summed E-state index contributed by atoms with van der Waals surface area (Å²) >= 11 is 5.89. The van der Waals surface area contributed by atoms with Crippen LogP contribution in [0.4, 0.5) is 0 Å². The van der Waals surface area contributed by atoms with E-state index in [0.29, 0.717) is 13.0 Å². The third-order valence-corrected chi connectivity index (χ3v) is 5.71. The molecule has 0 saturated carbocycles. The molecular weight excluding hydrogens is 300 g/mol. The van der Waals surface area contributed by atoms with E-state index in [4.69, 9.17) is 16.9 Å². The molecule has 108 valence electrons. The fourth-order valence-corrected chi connectivity index (χ4v) is 4.35. The number of sulfonamides is 1. The van der Waals surface area contributed by atoms with Crippen molar-refractivity contribution in [3.8, 4) is 6.07 Å². The predicted octanol–water partition coefficient (Wildman–Crippen LogP) is 1.75. The van der Waals surface area contributed by atoms with Gasteiger partial charge in [0.25, 0.3) is 0 Å². The Kier molecular flexibility index (Phi) is 4.66. The number of hydrogen-bond acceptors (Lipinski definition) is 4. The second-order valence-electron chi connectivity index (χ2n) is 4.70. The fourth-order valence-electron chi connectivity index (χ4n) is 2.36. The molecule has 1 saturated heterocycles. The maximum atomic E-state index is 12.6. The van der Waals surface area contributed by atoms with Gasteiger partial charge in [0.2, 0.25) is 10.0 Å². The van der Waals surface area contributed by atoms with E-state index in [1.165, 1.54) is 22.5 Å². The molecule has 7 heteroatoms. The molecule has 1 fully saturated rings. The number of aliphatic hydroxyl groups is 1. The Balaban J connectivity index is 2.39. The van der Waals surface area contributed by atoms with Crippen LogP contribution in [0.15, 0.2) is 23.1 Å². The van der Waals surface area contributed by atoms with Crippen LogP contribution in [0.3, 0.4) is 0 Å². The van der Waals surface area contributed by atoms with Gasteiger partial charge in [-0.15, -0.1) is 0 Å². The molecular formula is C13H15ClN2O3S. The smallest absolute Gasteiger partial charge is 0.243 e. The van der Waals surface area contributed by atoms with Crippen LogP contribution in [0.25, 0.3) is 0 Å². The standard InChI is InChI=1S/C13H15ClN2O3S/c14-13-7-12(5-4-10(13)8-15)20(18,19)16-6-2-1-3-11(16)9-17/h4-5,7,11,17H,1-3,6,9H2. The first-order valence-electron chi connectivity index (χ1n) is 6.33. The van der Waals surface area contributed by atoms with E-state index < -0.39 is 10.0 Å². The van der Waals surface area contributed by atoms with E-state index in [2.05, 4.69) is 0 Å². The van der Waals surface area contributed by atoms with Gasteiger partial charge in [-0.05, 0) is 31.0 Å². The Bertz CT molecular complexity index is 640. The normalized spacial score (nSPS) is 20.6. The molecule has 1 N–H and O–H groups in total. The van der Waals surface area contributed by atoms with Crippen molar-refractivity contribution in [2.24, 2.45) is 0 Å². The lowest BCUT2D eigenvalue weighted by atomic mass is 10.1. The number of benzene rings is 1. The Morgan fingerprint density at radius 3 is 2.80 bits per heavy atom. The summed E-state index contributed by atoms with van der Waals surface area (Å²) in [6, 6.07) is 5.57. The third-order valence-electron chi connectivity index (χ3n) is 3.45. The zero-order valence-corrected chi connectivity index (χ0v) is 12.4. The summed E-state index contributed by atoms with van der Waals surface area (Å²) < 4.78 is 26.5. The van der Waals surface area contributed by atoms with Gasteiger partial charge in [0.05, 0.1) is 22.1 Å². The quantitative estimate of drug-likeness (QED) is 0.921. The first-order valence-corrected chi connectivity index (χ1v) is 8.15. The molecule has 2 rings (SSSR count). The summed E-state index contributed by atoms with van der Waals surface area (Å²) in [4.78, 5) is 0.0573. The maximum absolute atomic E-state index is 12.6. The van der Waals surface area contributed by atoms with E-state index in [1.807, 2.05) is 6.07 Å². The third kappa shape index (κ3) is 2.81. The minimum atomic E-state index is -3.69. The lowest BCUT2D eigenvalue weighted by molar-refractivity contribution is 0.155. The summed E-state index contributed by atoms with van der Waals surface area (Å²) in [6.07, 6.45) is 2.34. The lowest BCUT2D eigenvalue weighted by Crippen LogP contribution is -2.45. The van der Waals surface area contributed by atoms with E-state index in [-0.39, 0.29) is 28.1 Å². The molecule has 1 heterocycles. The molecule has 0 amide bonds. The number of halogens is 1. The molecule has 20 heavy (non-hydrogen) atoms. The summed E-state index contributed by atoms with van der Waals surface area (Å²) in [7, 11) is -3.69. The topological polar surface area (TPSA) is 81.4 Å². The van der Waals surface area contributed by atoms with Crippen molar-refractivity contribution in [2.45, 2.75) is 30.2 Å².